The van der Waals surface area contributed by atoms with E-state index >= 15 is 0 Å². The lowest BCUT2D eigenvalue weighted by atomic mass is 9.77. The van der Waals surface area contributed by atoms with Crippen molar-refractivity contribution in [2.24, 2.45) is 5.92 Å². The molecule has 5 nitrogen and oxygen atoms in total. The van der Waals surface area contributed by atoms with E-state index in [2.05, 4.69) is 17.2 Å². The molecule has 0 spiro atoms. The highest BCUT2D eigenvalue weighted by molar-refractivity contribution is 5.95. The van der Waals surface area contributed by atoms with Crippen LogP contribution >= 0.6 is 0 Å². The molecule has 1 heterocycles. The van der Waals surface area contributed by atoms with Gasteiger partial charge in [-0.15, -0.1) is 0 Å². The zero-order valence-electron chi connectivity index (χ0n) is 12.1. The van der Waals surface area contributed by atoms with Crippen LogP contribution in [0.25, 0.3) is 6.08 Å². The van der Waals surface area contributed by atoms with Crippen molar-refractivity contribution >= 4 is 18.0 Å². The summed E-state index contributed by atoms with van der Waals surface area (Å²) >= 11 is 0. The second-order valence-electron chi connectivity index (χ2n) is 5.68. The molecule has 0 bridgehead atoms. The molecule has 0 radical (unpaired) electrons. The monoisotopic (exact) mass is 288 g/mol. The third-order valence-electron chi connectivity index (χ3n) is 4.01. The average molecular weight is 288 g/mol. The number of carbonyl (C=O) groups excluding carboxylic acids is 1. The van der Waals surface area contributed by atoms with E-state index in [1.807, 2.05) is 6.07 Å². The van der Waals surface area contributed by atoms with Crippen LogP contribution in [0.5, 0.6) is 0 Å². The number of carboxylic acid groups (broad SMARTS) is 1. The van der Waals surface area contributed by atoms with E-state index in [9.17, 15) is 14.7 Å². The van der Waals surface area contributed by atoms with Gasteiger partial charge < -0.3 is 10.4 Å². The molecular formula is C16H20N2O3. The third-order valence-corrected chi connectivity index (χ3v) is 4.01. The first-order chi connectivity index (χ1) is 10.0. The Labute approximate surface area is 124 Å². The van der Waals surface area contributed by atoms with Crippen molar-refractivity contribution in [2.75, 3.05) is 0 Å². The Hall–Kier alpha value is -2.17. The van der Waals surface area contributed by atoms with Gasteiger partial charge in [-0.05, 0) is 49.3 Å². The van der Waals surface area contributed by atoms with Crippen LogP contribution in [0.15, 0.2) is 30.6 Å². The van der Waals surface area contributed by atoms with E-state index in [1.165, 1.54) is 6.08 Å². The second-order valence-corrected chi connectivity index (χ2v) is 5.68. The Balaban J connectivity index is 2.02. The molecule has 1 aliphatic rings. The van der Waals surface area contributed by atoms with Crippen molar-refractivity contribution in [2.45, 2.75) is 38.1 Å². The van der Waals surface area contributed by atoms with E-state index in [4.69, 9.17) is 0 Å². The first-order valence-corrected chi connectivity index (χ1v) is 7.15. The minimum Gasteiger partial charge on any atom is -0.480 e. The van der Waals surface area contributed by atoms with Gasteiger partial charge in [-0.3, -0.25) is 9.78 Å². The molecule has 1 fully saturated rings. The summed E-state index contributed by atoms with van der Waals surface area (Å²) in [5, 5.41) is 12.1. The van der Waals surface area contributed by atoms with Gasteiger partial charge in [-0.1, -0.05) is 13.0 Å². The number of nitrogens with zero attached hydrogens (tertiary/aromatic N) is 1. The fourth-order valence-electron chi connectivity index (χ4n) is 2.57. The zero-order chi connectivity index (χ0) is 15.3. The molecule has 0 atom stereocenters. The van der Waals surface area contributed by atoms with Crippen LogP contribution in [0.2, 0.25) is 0 Å². The summed E-state index contributed by atoms with van der Waals surface area (Å²) in [6.45, 7) is 2.11. The normalized spacial score (nSPS) is 25.7. The molecule has 2 rings (SSSR count). The molecule has 0 aliphatic heterocycles. The molecule has 0 unspecified atom stereocenters. The van der Waals surface area contributed by atoms with Crippen LogP contribution in [-0.2, 0) is 9.59 Å². The molecule has 0 saturated heterocycles. The van der Waals surface area contributed by atoms with Crippen molar-refractivity contribution < 1.29 is 14.7 Å². The van der Waals surface area contributed by atoms with Crippen LogP contribution < -0.4 is 5.32 Å². The van der Waals surface area contributed by atoms with Gasteiger partial charge in [0.15, 0.2) is 0 Å². The smallest absolute Gasteiger partial charge is 0.329 e. The lowest BCUT2D eigenvalue weighted by Gasteiger charge is -2.36. The van der Waals surface area contributed by atoms with Crippen molar-refractivity contribution in [3.05, 3.63) is 36.2 Å². The van der Waals surface area contributed by atoms with Crippen LogP contribution in [0, 0.1) is 5.92 Å². The SMILES string of the molecule is CC1CCC(NC(=O)/C=C/c2cccnc2)(C(=O)O)CC1. The van der Waals surface area contributed by atoms with E-state index in [0.29, 0.717) is 18.8 Å². The number of carbonyl (C=O) groups is 2. The number of nitrogens with one attached hydrogen (secondary N) is 1. The number of carboxylic acids is 1. The van der Waals surface area contributed by atoms with Crippen LogP contribution in [-0.4, -0.2) is 27.5 Å². The molecule has 1 aliphatic carbocycles. The third kappa shape index (κ3) is 3.90. The topological polar surface area (TPSA) is 79.3 Å². The molecule has 0 aromatic carbocycles. The number of hydrogen-bond donors (Lipinski definition) is 2. The highest BCUT2D eigenvalue weighted by Gasteiger charge is 2.42. The number of aliphatic carboxylic acids is 1. The number of aromatic nitrogens is 1. The van der Waals surface area contributed by atoms with E-state index in [0.717, 1.165) is 18.4 Å². The highest BCUT2D eigenvalue weighted by Crippen LogP contribution is 2.32. The molecule has 21 heavy (non-hydrogen) atoms. The summed E-state index contributed by atoms with van der Waals surface area (Å²) in [7, 11) is 0. The highest BCUT2D eigenvalue weighted by atomic mass is 16.4. The minimum atomic E-state index is -1.12. The van der Waals surface area contributed by atoms with Gasteiger partial charge in [0.2, 0.25) is 5.91 Å². The van der Waals surface area contributed by atoms with Crippen molar-refractivity contribution in [1.82, 2.24) is 10.3 Å². The molecule has 1 aromatic rings. The fraction of sp³-hybridized carbons (Fsp3) is 0.438. The predicted octanol–water partition coefficient (Wildman–Crippen LogP) is 2.24. The van der Waals surface area contributed by atoms with Gasteiger partial charge >= 0.3 is 5.97 Å². The Bertz CT molecular complexity index is 532. The van der Waals surface area contributed by atoms with Crippen molar-refractivity contribution in [1.29, 1.82) is 0 Å². The zero-order valence-corrected chi connectivity index (χ0v) is 12.1. The molecule has 1 amide bonds. The molecule has 112 valence electrons. The number of rotatable bonds is 4. The van der Waals surface area contributed by atoms with E-state index in [1.54, 1.807) is 24.5 Å². The van der Waals surface area contributed by atoms with Crippen LogP contribution in [0.3, 0.4) is 0 Å². The molecule has 1 aromatic heterocycles. The predicted molar refractivity (Wildman–Crippen MR) is 79.4 cm³/mol. The summed E-state index contributed by atoms with van der Waals surface area (Å²) in [5.41, 5.74) is -0.322. The number of amides is 1. The second kappa shape index (κ2) is 6.52. The molecule has 2 N–H and O–H groups in total. The van der Waals surface area contributed by atoms with Crippen LogP contribution in [0.4, 0.5) is 0 Å². The maximum Gasteiger partial charge on any atom is 0.329 e. The Morgan fingerprint density at radius 1 is 1.43 bits per heavy atom. The Kier molecular flexibility index (Phi) is 4.73. The number of hydrogen-bond acceptors (Lipinski definition) is 3. The summed E-state index contributed by atoms with van der Waals surface area (Å²) in [5.74, 6) is -0.811. The largest absolute Gasteiger partial charge is 0.480 e. The quantitative estimate of drug-likeness (QED) is 0.833. The van der Waals surface area contributed by atoms with Gasteiger partial charge in [0.1, 0.15) is 5.54 Å². The van der Waals surface area contributed by atoms with Gasteiger partial charge in [-0.2, -0.15) is 0 Å². The minimum absolute atomic E-state index is 0.379. The lowest BCUT2D eigenvalue weighted by molar-refractivity contribution is -0.149. The maximum atomic E-state index is 12.0. The average Bonchev–Trinajstić information content (AvgIpc) is 2.48. The Morgan fingerprint density at radius 3 is 2.71 bits per heavy atom. The summed E-state index contributed by atoms with van der Waals surface area (Å²) in [6, 6.07) is 3.60. The van der Waals surface area contributed by atoms with Gasteiger partial charge in [-0.25, -0.2) is 4.79 Å². The summed E-state index contributed by atoms with van der Waals surface area (Å²) < 4.78 is 0. The molecular weight excluding hydrogens is 268 g/mol. The lowest BCUT2D eigenvalue weighted by Crippen LogP contribution is -2.55. The maximum absolute atomic E-state index is 12.0. The van der Waals surface area contributed by atoms with Gasteiger partial charge in [0, 0.05) is 18.5 Å². The first kappa shape index (κ1) is 15.2. The standard InChI is InChI=1S/C16H20N2O3/c1-12-6-8-16(9-7-12,15(20)21)18-14(19)5-4-13-3-2-10-17-11-13/h2-5,10-12H,6-9H2,1H3,(H,18,19)(H,20,21)/b5-4+. The van der Waals surface area contributed by atoms with Crippen molar-refractivity contribution in [3.8, 4) is 0 Å². The van der Waals surface area contributed by atoms with E-state index in [-0.39, 0.29) is 5.91 Å². The molecule has 5 heteroatoms. The molecule has 1 saturated carbocycles. The van der Waals surface area contributed by atoms with Gasteiger partial charge in [0.25, 0.3) is 0 Å². The van der Waals surface area contributed by atoms with E-state index < -0.39 is 11.5 Å². The number of pyridine rings is 1. The summed E-state index contributed by atoms with van der Waals surface area (Å²) in [6.07, 6.45) is 8.88. The fourth-order valence-corrected chi connectivity index (χ4v) is 2.57. The van der Waals surface area contributed by atoms with Crippen molar-refractivity contribution in [3.63, 3.8) is 0 Å². The van der Waals surface area contributed by atoms with Gasteiger partial charge in [0.05, 0.1) is 0 Å². The van der Waals surface area contributed by atoms with Crippen LogP contribution in [0.1, 0.15) is 38.2 Å². The summed E-state index contributed by atoms with van der Waals surface area (Å²) in [4.78, 5) is 27.5. The Morgan fingerprint density at radius 2 is 2.14 bits per heavy atom. The first-order valence-electron chi connectivity index (χ1n) is 7.15.